The predicted molar refractivity (Wildman–Crippen MR) is 128 cm³/mol. The van der Waals surface area contributed by atoms with Crippen molar-refractivity contribution in [3.05, 3.63) is 77.2 Å². The van der Waals surface area contributed by atoms with Crippen LogP contribution >= 0.6 is 11.3 Å². The minimum Gasteiger partial charge on any atom is -0.497 e. The van der Waals surface area contributed by atoms with Crippen molar-refractivity contribution in [2.45, 2.75) is 12.8 Å². The van der Waals surface area contributed by atoms with Gasteiger partial charge < -0.3 is 14.5 Å². The number of rotatable bonds is 6. The summed E-state index contributed by atoms with van der Waals surface area (Å²) in [4.78, 5) is 31.2. The smallest absolute Gasteiger partial charge is 0.254 e. The second-order valence-corrected chi connectivity index (χ2v) is 9.49. The molecular weight excluding hydrogens is 420 g/mol. The van der Waals surface area contributed by atoms with Gasteiger partial charge >= 0.3 is 0 Å². The van der Waals surface area contributed by atoms with E-state index in [-0.39, 0.29) is 11.8 Å². The number of carbonyl (C=O) groups is 2. The molecule has 5 nitrogen and oxygen atoms in total. The van der Waals surface area contributed by atoms with Crippen LogP contribution in [-0.4, -0.2) is 55.9 Å². The Morgan fingerprint density at radius 1 is 1.09 bits per heavy atom. The van der Waals surface area contributed by atoms with Crippen LogP contribution in [-0.2, 0) is 11.2 Å². The summed E-state index contributed by atoms with van der Waals surface area (Å²) in [5, 5.41) is 2.07. The molecule has 4 rings (SSSR count). The van der Waals surface area contributed by atoms with Gasteiger partial charge in [-0.15, -0.1) is 11.3 Å². The van der Waals surface area contributed by atoms with Crippen LogP contribution in [0.5, 0.6) is 5.75 Å². The van der Waals surface area contributed by atoms with Gasteiger partial charge in [0.05, 0.1) is 12.5 Å². The van der Waals surface area contributed by atoms with Gasteiger partial charge in [0.25, 0.3) is 5.91 Å². The molecule has 0 radical (unpaired) electrons. The van der Waals surface area contributed by atoms with Crippen molar-refractivity contribution in [2.24, 2.45) is 5.41 Å². The van der Waals surface area contributed by atoms with E-state index < -0.39 is 5.41 Å². The molecule has 2 aromatic carbocycles. The molecular formula is C26H28N2O3S. The second-order valence-electron chi connectivity index (χ2n) is 8.54. The van der Waals surface area contributed by atoms with E-state index in [4.69, 9.17) is 4.74 Å². The van der Waals surface area contributed by atoms with E-state index in [1.165, 1.54) is 10.4 Å². The lowest BCUT2D eigenvalue weighted by atomic mass is 9.79. The first kappa shape index (κ1) is 22.1. The molecule has 0 saturated carbocycles. The fraction of sp³-hybridized carbons (Fsp3) is 0.308. The fourth-order valence-electron chi connectivity index (χ4n) is 4.47. The van der Waals surface area contributed by atoms with Gasteiger partial charge in [-0.2, -0.15) is 0 Å². The molecule has 0 aliphatic carbocycles. The summed E-state index contributed by atoms with van der Waals surface area (Å²) >= 11 is 1.71. The highest BCUT2D eigenvalue weighted by Gasteiger charge is 2.46. The molecule has 1 fully saturated rings. The Hall–Kier alpha value is -3.12. The Bertz CT molecular complexity index is 1090. The zero-order valence-corrected chi connectivity index (χ0v) is 19.5. The van der Waals surface area contributed by atoms with Gasteiger partial charge in [-0.05, 0) is 53.6 Å². The van der Waals surface area contributed by atoms with Crippen LogP contribution in [0.15, 0.2) is 66.0 Å². The third kappa shape index (κ3) is 4.41. The highest BCUT2D eigenvalue weighted by atomic mass is 32.1. The Kier molecular flexibility index (Phi) is 6.33. The van der Waals surface area contributed by atoms with Crippen molar-refractivity contribution >= 4 is 23.2 Å². The van der Waals surface area contributed by atoms with Crippen LogP contribution in [0.3, 0.4) is 0 Å². The zero-order valence-electron chi connectivity index (χ0n) is 18.7. The van der Waals surface area contributed by atoms with Crippen LogP contribution in [0.1, 0.15) is 22.3 Å². The van der Waals surface area contributed by atoms with Gasteiger partial charge in [-0.25, -0.2) is 0 Å². The van der Waals surface area contributed by atoms with Crippen molar-refractivity contribution in [3.8, 4) is 16.2 Å². The van der Waals surface area contributed by atoms with E-state index in [2.05, 4.69) is 35.7 Å². The number of amides is 2. The molecule has 6 heteroatoms. The molecule has 166 valence electrons. The summed E-state index contributed by atoms with van der Waals surface area (Å²) in [6, 6.07) is 19.8. The maximum atomic E-state index is 13.3. The number of likely N-dealkylation sites (tertiary alicyclic amines) is 1. The minimum absolute atomic E-state index is 0.0645. The highest BCUT2D eigenvalue weighted by Crippen LogP contribution is 2.37. The number of methoxy groups -OCH3 is 1. The largest absolute Gasteiger partial charge is 0.497 e. The maximum Gasteiger partial charge on any atom is 0.254 e. The number of thiophene rings is 1. The standard InChI is InChI=1S/C26H28N2O3S/c1-27(2)25(30)26(17-19-9-11-20(12-10-19)23-8-5-15-32-23)13-14-28(18-26)24(29)21-6-4-7-22(16-21)31-3/h4-12,15-16H,13-14,17-18H2,1-3H3/t26-/m0/s1. The predicted octanol–water partition coefficient (Wildman–Crippen LogP) is 4.59. The molecule has 1 aliphatic heterocycles. The van der Waals surface area contributed by atoms with Crippen LogP contribution < -0.4 is 4.74 Å². The fourth-order valence-corrected chi connectivity index (χ4v) is 5.21. The summed E-state index contributed by atoms with van der Waals surface area (Å²) in [5.74, 6) is 0.655. The van der Waals surface area contributed by atoms with E-state index in [1.807, 2.05) is 18.2 Å². The first-order valence-corrected chi connectivity index (χ1v) is 11.6. The van der Waals surface area contributed by atoms with Gasteiger partial charge in [-0.1, -0.05) is 36.4 Å². The van der Waals surface area contributed by atoms with Gasteiger partial charge in [0.2, 0.25) is 5.91 Å². The van der Waals surface area contributed by atoms with Crippen LogP contribution in [0.25, 0.3) is 10.4 Å². The number of carbonyl (C=O) groups excluding carboxylic acids is 2. The lowest BCUT2D eigenvalue weighted by molar-refractivity contribution is -0.138. The normalized spacial score (nSPS) is 17.9. The average molecular weight is 449 g/mol. The number of benzene rings is 2. The molecule has 3 aromatic rings. The van der Waals surface area contributed by atoms with Gasteiger partial charge in [0.1, 0.15) is 5.75 Å². The zero-order chi connectivity index (χ0) is 22.7. The lowest BCUT2D eigenvalue weighted by Gasteiger charge is -2.31. The van der Waals surface area contributed by atoms with Crippen molar-refractivity contribution in [2.75, 3.05) is 34.3 Å². The lowest BCUT2D eigenvalue weighted by Crippen LogP contribution is -2.44. The summed E-state index contributed by atoms with van der Waals surface area (Å²) in [6.45, 7) is 0.968. The Morgan fingerprint density at radius 2 is 1.88 bits per heavy atom. The third-order valence-corrected chi connectivity index (χ3v) is 7.04. The molecule has 1 saturated heterocycles. The molecule has 0 unspecified atom stereocenters. The van der Waals surface area contributed by atoms with Crippen molar-refractivity contribution in [1.29, 1.82) is 0 Å². The molecule has 0 N–H and O–H groups in total. The van der Waals surface area contributed by atoms with Gasteiger partial charge in [0, 0.05) is 37.6 Å². The monoisotopic (exact) mass is 448 g/mol. The van der Waals surface area contributed by atoms with Crippen LogP contribution in [0.2, 0.25) is 0 Å². The molecule has 1 aromatic heterocycles. The highest BCUT2D eigenvalue weighted by molar-refractivity contribution is 7.13. The van der Waals surface area contributed by atoms with Crippen molar-refractivity contribution in [3.63, 3.8) is 0 Å². The molecule has 1 aliphatic rings. The van der Waals surface area contributed by atoms with Crippen molar-refractivity contribution in [1.82, 2.24) is 9.80 Å². The van der Waals surface area contributed by atoms with Gasteiger partial charge in [-0.3, -0.25) is 9.59 Å². The van der Waals surface area contributed by atoms with E-state index in [0.717, 1.165) is 5.56 Å². The van der Waals surface area contributed by atoms with E-state index in [0.29, 0.717) is 37.2 Å². The summed E-state index contributed by atoms with van der Waals surface area (Å²) in [5.41, 5.74) is 2.24. The molecule has 0 spiro atoms. The summed E-state index contributed by atoms with van der Waals surface area (Å²) in [7, 11) is 5.16. The SMILES string of the molecule is COc1cccc(C(=O)N2CC[C@@](Cc3ccc(-c4cccs4)cc3)(C(=O)N(C)C)C2)c1. The minimum atomic E-state index is -0.623. The topological polar surface area (TPSA) is 49.9 Å². The second kappa shape index (κ2) is 9.17. The number of hydrogen-bond donors (Lipinski definition) is 0. The molecule has 2 amide bonds. The molecule has 32 heavy (non-hydrogen) atoms. The van der Waals surface area contributed by atoms with E-state index in [1.54, 1.807) is 54.5 Å². The first-order chi connectivity index (χ1) is 15.4. The number of nitrogens with zero attached hydrogens (tertiary/aromatic N) is 2. The average Bonchev–Trinajstić information content (AvgIpc) is 3.50. The Morgan fingerprint density at radius 3 is 2.53 bits per heavy atom. The summed E-state index contributed by atoms with van der Waals surface area (Å²) in [6.07, 6.45) is 1.25. The van der Waals surface area contributed by atoms with E-state index in [9.17, 15) is 9.59 Å². The Labute approximate surface area is 193 Å². The third-order valence-electron chi connectivity index (χ3n) is 6.12. The van der Waals surface area contributed by atoms with Crippen LogP contribution in [0, 0.1) is 5.41 Å². The number of hydrogen-bond acceptors (Lipinski definition) is 4. The first-order valence-electron chi connectivity index (χ1n) is 10.7. The Balaban J connectivity index is 1.56. The van der Waals surface area contributed by atoms with Crippen molar-refractivity contribution < 1.29 is 14.3 Å². The van der Waals surface area contributed by atoms with Crippen LogP contribution in [0.4, 0.5) is 0 Å². The quantitative estimate of drug-likeness (QED) is 0.554. The molecule has 0 bridgehead atoms. The summed E-state index contributed by atoms with van der Waals surface area (Å²) < 4.78 is 5.26. The molecule has 1 atom stereocenters. The van der Waals surface area contributed by atoms with E-state index >= 15 is 0 Å². The van der Waals surface area contributed by atoms with Gasteiger partial charge in [0.15, 0.2) is 0 Å². The number of ether oxygens (including phenoxy) is 1. The maximum absolute atomic E-state index is 13.3. The molecule has 2 heterocycles.